The molecule has 1 atom stereocenters. The summed E-state index contributed by atoms with van der Waals surface area (Å²) in [6.45, 7) is 4.82. The second-order valence-corrected chi connectivity index (χ2v) is 6.41. The van der Waals surface area contributed by atoms with E-state index in [-0.39, 0.29) is 17.9 Å². The summed E-state index contributed by atoms with van der Waals surface area (Å²) in [7, 11) is 0. The number of hydrogen-bond acceptors (Lipinski definition) is 4. The molecule has 3 rings (SSSR count). The smallest absolute Gasteiger partial charge is 0.276 e. The fourth-order valence-corrected chi connectivity index (χ4v) is 3.09. The van der Waals surface area contributed by atoms with Gasteiger partial charge in [0, 0.05) is 30.9 Å². The highest BCUT2D eigenvalue weighted by Gasteiger charge is 2.29. The van der Waals surface area contributed by atoms with Crippen LogP contribution in [0, 0.1) is 0 Å². The number of carbonyl (C=O) groups excluding carboxylic acids is 1. The van der Waals surface area contributed by atoms with Crippen molar-refractivity contribution in [2.75, 3.05) is 6.54 Å². The first kappa shape index (κ1) is 15.7. The Hall–Kier alpha value is -2.17. The molecule has 23 heavy (non-hydrogen) atoms. The zero-order chi connectivity index (χ0) is 16.2. The fourth-order valence-electron chi connectivity index (χ4n) is 3.09. The minimum absolute atomic E-state index is 0.0376. The van der Waals surface area contributed by atoms with E-state index in [4.69, 9.17) is 4.52 Å². The van der Waals surface area contributed by atoms with Gasteiger partial charge in [0.1, 0.15) is 5.76 Å². The van der Waals surface area contributed by atoms with Crippen molar-refractivity contribution in [3.63, 3.8) is 0 Å². The largest absolute Gasteiger partial charge is 0.360 e. The molecule has 0 aliphatic carbocycles. The van der Waals surface area contributed by atoms with Crippen LogP contribution in [0.2, 0.25) is 0 Å². The number of amides is 1. The molecule has 0 saturated carbocycles. The van der Waals surface area contributed by atoms with Gasteiger partial charge in [0.05, 0.1) is 6.04 Å². The SMILES string of the molecule is CC(C)c1cc(C(=O)N2CCCCCC2c2ccncc2)no1. The molecule has 0 N–H and O–H groups in total. The molecule has 0 spiro atoms. The van der Waals surface area contributed by atoms with Crippen LogP contribution < -0.4 is 0 Å². The molecule has 0 radical (unpaired) electrons. The summed E-state index contributed by atoms with van der Waals surface area (Å²) in [6.07, 6.45) is 7.87. The van der Waals surface area contributed by atoms with E-state index in [0.29, 0.717) is 5.69 Å². The van der Waals surface area contributed by atoms with Gasteiger partial charge in [-0.15, -0.1) is 0 Å². The summed E-state index contributed by atoms with van der Waals surface area (Å²) in [6, 6.07) is 5.87. The van der Waals surface area contributed by atoms with Crippen LogP contribution in [0.15, 0.2) is 35.1 Å². The van der Waals surface area contributed by atoms with E-state index < -0.39 is 0 Å². The van der Waals surface area contributed by atoms with Crippen molar-refractivity contribution in [1.29, 1.82) is 0 Å². The Kier molecular flexibility index (Phi) is 4.74. The third-order valence-electron chi connectivity index (χ3n) is 4.42. The molecule has 1 fully saturated rings. The van der Waals surface area contributed by atoms with Gasteiger partial charge >= 0.3 is 0 Å². The number of nitrogens with zero attached hydrogens (tertiary/aromatic N) is 3. The highest BCUT2D eigenvalue weighted by Crippen LogP contribution is 2.31. The number of pyridine rings is 1. The van der Waals surface area contributed by atoms with E-state index in [1.165, 1.54) is 0 Å². The molecule has 5 heteroatoms. The van der Waals surface area contributed by atoms with Crippen LogP contribution in [0.25, 0.3) is 0 Å². The third-order valence-corrected chi connectivity index (χ3v) is 4.42. The Labute approximate surface area is 136 Å². The van der Waals surface area contributed by atoms with E-state index in [1.807, 2.05) is 30.9 Å². The van der Waals surface area contributed by atoms with E-state index in [2.05, 4.69) is 10.1 Å². The van der Waals surface area contributed by atoms with Gasteiger partial charge in [0.15, 0.2) is 5.69 Å². The molecule has 1 saturated heterocycles. The lowest BCUT2D eigenvalue weighted by atomic mass is 10.0. The summed E-state index contributed by atoms with van der Waals surface area (Å²) >= 11 is 0. The first-order valence-corrected chi connectivity index (χ1v) is 8.34. The molecule has 122 valence electrons. The molecule has 1 amide bonds. The van der Waals surface area contributed by atoms with Crippen LogP contribution in [0.4, 0.5) is 0 Å². The van der Waals surface area contributed by atoms with Crippen LogP contribution in [-0.2, 0) is 0 Å². The van der Waals surface area contributed by atoms with Crippen molar-refractivity contribution in [2.45, 2.75) is 51.5 Å². The van der Waals surface area contributed by atoms with Crippen molar-refractivity contribution in [3.8, 4) is 0 Å². The normalized spacial score (nSPS) is 18.9. The Morgan fingerprint density at radius 1 is 1.26 bits per heavy atom. The monoisotopic (exact) mass is 313 g/mol. The van der Waals surface area contributed by atoms with Crippen molar-refractivity contribution < 1.29 is 9.32 Å². The third kappa shape index (κ3) is 3.44. The first-order chi connectivity index (χ1) is 11.2. The summed E-state index contributed by atoms with van der Waals surface area (Å²) in [5.41, 5.74) is 1.55. The maximum atomic E-state index is 13.0. The maximum Gasteiger partial charge on any atom is 0.276 e. The molecule has 0 bridgehead atoms. The molecule has 1 aliphatic heterocycles. The van der Waals surface area contributed by atoms with Gasteiger partial charge < -0.3 is 9.42 Å². The minimum Gasteiger partial charge on any atom is -0.360 e. The van der Waals surface area contributed by atoms with Crippen molar-refractivity contribution in [1.82, 2.24) is 15.0 Å². The summed E-state index contributed by atoms with van der Waals surface area (Å²) in [5, 5.41) is 3.99. The topological polar surface area (TPSA) is 59.2 Å². The Morgan fingerprint density at radius 2 is 2.04 bits per heavy atom. The molecular formula is C18H23N3O2. The van der Waals surface area contributed by atoms with Crippen molar-refractivity contribution >= 4 is 5.91 Å². The standard InChI is InChI=1S/C18H23N3O2/c1-13(2)17-12-15(20-23-17)18(22)21-11-5-3-4-6-16(21)14-7-9-19-10-8-14/h7-10,12-13,16H,3-6,11H2,1-2H3. The van der Waals surface area contributed by atoms with Crippen LogP contribution >= 0.6 is 0 Å². The quantitative estimate of drug-likeness (QED) is 0.861. The second kappa shape index (κ2) is 6.94. The predicted octanol–water partition coefficient (Wildman–Crippen LogP) is 3.95. The zero-order valence-corrected chi connectivity index (χ0v) is 13.7. The van der Waals surface area contributed by atoms with E-state index in [1.54, 1.807) is 18.5 Å². The second-order valence-electron chi connectivity index (χ2n) is 6.41. The molecular weight excluding hydrogens is 290 g/mol. The molecule has 1 unspecified atom stereocenters. The average Bonchev–Trinajstić information content (AvgIpc) is 2.94. The Morgan fingerprint density at radius 3 is 2.74 bits per heavy atom. The lowest BCUT2D eigenvalue weighted by Gasteiger charge is -2.29. The Bertz CT molecular complexity index is 651. The molecule has 1 aliphatic rings. The average molecular weight is 313 g/mol. The lowest BCUT2D eigenvalue weighted by Crippen LogP contribution is -2.35. The number of hydrogen-bond donors (Lipinski definition) is 0. The van der Waals surface area contributed by atoms with Gasteiger partial charge in [-0.05, 0) is 30.5 Å². The van der Waals surface area contributed by atoms with Crippen LogP contribution in [0.1, 0.15) is 73.3 Å². The number of carbonyl (C=O) groups is 1. The highest BCUT2D eigenvalue weighted by atomic mass is 16.5. The van der Waals surface area contributed by atoms with Gasteiger partial charge in [-0.2, -0.15) is 0 Å². The molecule has 2 aromatic rings. The molecule has 3 heterocycles. The van der Waals surface area contributed by atoms with Gasteiger partial charge in [-0.25, -0.2) is 0 Å². The maximum absolute atomic E-state index is 13.0. The highest BCUT2D eigenvalue weighted by molar-refractivity contribution is 5.92. The van der Waals surface area contributed by atoms with Crippen molar-refractivity contribution in [2.24, 2.45) is 0 Å². The lowest BCUT2D eigenvalue weighted by molar-refractivity contribution is 0.0670. The number of aromatic nitrogens is 2. The van der Waals surface area contributed by atoms with E-state index in [0.717, 1.165) is 43.6 Å². The van der Waals surface area contributed by atoms with Crippen molar-refractivity contribution in [3.05, 3.63) is 47.6 Å². The molecule has 5 nitrogen and oxygen atoms in total. The van der Waals surface area contributed by atoms with E-state index in [9.17, 15) is 4.79 Å². The molecule has 2 aromatic heterocycles. The fraction of sp³-hybridized carbons (Fsp3) is 0.500. The van der Waals surface area contributed by atoms with E-state index >= 15 is 0 Å². The number of rotatable bonds is 3. The van der Waals surface area contributed by atoms with Gasteiger partial charge in [0.2, 0.25) is 0 Å². The summed E-state index contributed by atoms with van der Waals surface area (Å²) in [5.74, 6) is 0.942. The Balaban J connectivity index is 1.88. The first-order valence-electron chi connectivity index (χ1n) is 8.34. The molecule has 0 aromatic carbocycles. The summed E-state index contributed by atoms with van der Waals surface area (Å²) in [4.78, 5) is 19.0. The number of likely N-dealkylation sites (tertiary alicyclic amines) is 1. The van der Waals surface area contributed by atoms with Crippen LogP contribution in [0.5, 0.6) is 0 Å². The predicted molar refractivity (Wildman–Crippen MR) is 87.1 cm³/mol. The minimum atomic E-state index is -0.0376. The van der Waals surface area contributed by atoms with Crippen LogP contribution in [0.3, 0.4) is 0 Å². The zero-order valence-electron chi connectivity index (χ0n) is 13.7. The van der Waals surface area contributed by atoms with Crippen LogP contribution in [-0.4, -0.2) is 27.5 Å². The van der Waals surface area contributed by atoms with Gasteiger partial charge in [0.25, 0.3) is 5.91 Å². The van der Waals surface area contributed by atoms with Gasteiger partial charge in [-0.3, -0.25) is 9.78 Å². The van der Waals surface area contributed by atoms with Gasteiger partial charge in [-0.1, -0.05) is 31.8 Å². The summed E-state index contributed by atoms with van der Waals surface area (Å²) < 4.78 is 5.30.